The molecule has 0 aliphatic carbocycles. The summed E-state index contributed by atoms with van der Waals surface area (Å²) in [5, 5.41) is 3.39. The average molecular weight is 278 g/mol. The van der Waals surface area contributed by atoms with E-state index in [0.29, 0.717) is 6.04 Å². The molecular weight excluding hydrogens is 252 g/mol. The molecular formula is C15H26N4O. The lowest BCUT2D eigenvalue weighted by Crippen LogP contribution is -2.34. The van der Waals surface area contributed by atoms with Crippen molar-refractivity contribution in [1.82, 2.24) is 19.8 Å². The van der Waals surface area contributed by atoms with E-state index in [1.165, 1.54) is 25.2 Å². The molecule has 2 unspecified atom stereocenters. The minimum absolute atomic E-state index is 0.161. The van der Waals surface area contributed by atoms with Crippen LogP contribution in [0, 0.1) is 5.92 Å². The fourth-order valence-electron chi connectivity index (χ4n) is 3.27. The first-order valence-electron chi connectivity index (χ1n) is 7.80. The van der Waals surface area contributed by atoms with Gasteiger partial charge in [0.05, 0.1) is 24.8 Å². The van der Waals surface area contributed by atoms with Crippen LogP contribution in [0.4, 0.5) is 0 Å². The highest BCUT2D eigenvalue weighted by molar-refractivity contribution is 5.05. The van der Waals surface area contributed by atoms with Gasteiger partial charge >= 0.3 is 0 Å². The molecule has 0 amide bonds. The maximum Gasteiger partial charge on any atom is 0.111 e. The molecule has 2 aliphatic rings. The Morgan fingerprint density at radius 1 is 1.50 bits per heavy atom. The number of hydrogen-bond acceptors (Lipinski definition) is 4. The van der Waals surface area contributed by atoms with Gasteiger partial charge in [-0.2, -0.15) is 0 Å². The first-order chi connectivity index (χ1) is 9.74. The van der Waals surface area contributed by atoms with Gasteiger partial charge in [-0.25, -0.2) is 4.98 Å². The molecule has 3 rings (SSSR count). The van der Waals surface area contributed by atoms with Gasteiger partial charge in [0.15, 0.2) is 0 Å². The topological polar surface area (TPSA) is 42.3 Å². The fraction of sp³-hybridized carbons (Fsp3) is 0.800. The summed E-state index contributed by atoms with van der Waals surface area (Å²) in [7, 11) is 0. The summed E-state index contributed by atoms with van der Waals surface area (Å²) in [5.41, 5.74) is 1.22. The molecule has 0 aromatic carbocycles. The molecule has 0 saturated carbocycles. The molecule has 112 valence electrons. The highest BCUT2D eigenvalue weighted by Gasteiger charge is 2.26. The smallest absolute Gasteiger partial charge is 0.111 e. The van der Waals surface area contributed by atoms with E-state index >= 15 is 0 Å². The third-order valence-electron chi connectivity index (χ3n) is 4.50. The number of ether oxygens (including phenoxy) is 1. The van der Waals surface area contributed by atoms with Crippen LogP contribution >= 0.6 is 0 Å². The first kappa shape index (κ1) is 14.0. The molecule has 1 aromatic heterocycles. The molecule has 1 aromatic rings. The number of nitrogens with one attached hydrogen (secondary N) is 1. The van der Waals surface area contributed by atoms with Crippen molar-refractivity contribution in [2.24, 2.45) is 5.92 Å². The largest absolute Gasteiger partial charge is 0.369 e. The Labute approximate surface area is 121 Å². The van der Waals surface area contributed by atoms with Gasteiger partial charge in [-0.1, -0.05) is 0 Å². The number of likely N-dealkylation sites (tertiary alicyclic amines) is 1. The lowest BCUT2D eigenvalue weighted by atomic mass is 10.1. The highest BCUT2D eigenvalue weighted by Crippen LogP contribution is 2.23. The molecule has 1 N–H and O–H groups in total. The van der Waals surface area contributed by atoms with Gasteiger partial charge < -0.3 is 19.5 Å². The summed E-state index contributed by atoms with van der Waals surface area (Å²) in [6, 6.07) is 0.660. The van der Waals surface area contributed by atoms with Crippen LogP contribution in [0.25, 0.3) is 0 Å². The van der Waals surface area contributed by atoms with E-state index in [2.05, 4.69) is 33.6 Å². The van der Waals surface area contributed by atoms with E-state index in [4.69, 9.17) is 4.74 Å². The molecule has 5 heteroatoms. The first-order valence-corrected chi connectivity index (χ1v) is 7.80. The predicted molar refractivity (Wildman–Crippen MR) is 78.6 cm³/mol. The van der Waals surface area contributed by atoms with Gasteiger partial charge in [0.1, 0.15) is 6.10 Å². The van der Waals surface area contributed by atoms with Crippen molar-refractivity contribution in [2.45, 2.75) is 39.0 Å². The van der Waals surface area contributed by atoms with Crippen LogP contribution in [0.2, 0.25) is 0 Å². The van der Waals surface area contributed by atoms with Crippen molar-refractivity contribution in [1.29, 1.82) is 0 Å². The Kier molecular flexibility index (Phi) is 4.38. The fourth-order valence-corrected chi connectivity index (χ4v) is 3.27. The van der Waals surface area contributed by atoms with Gasteiger partial charge in [0.2, 0.25) is 0 Å². The van der Waals surface area contributed by atoms with Crippen LogP contribution in [-0.2, 0) is 11.3 Å². The predicted octanol–water partition coefficient (Wildman–Crippen LogP) is 1.27. The Morgan fingerprint density at radius 2 is 2.40 bits per heavy atom. The Bertz CT molecular complexity index is 425. The zero-order valence-corrected chi connectivity index (χ0v) is 12.6. The number of imidazole rings is 1. The third-order valence-corrected chi connectivity index (χ3v) is 4.50. The lowest BCUT2D eigenvalue weighted by Gasteiger charge is -2.25. The van der Waals surface area contributed by atoms with Crippen molar-refractivity contribution < 1.29 is 4.74 Å². The molecule has 2 fully saturated rings. The second-order valence-corrected chi connectivity index (χ2v) is 6.28. The second kappa shape index (κ2) is 6.24. The quantitative estimate of drug-likeness (QED) is 0.901. The van der Waals surface area contributed by atoms with Crippen molar-refractivity contribution in [3.8, 4) is 0 Å². The van der Waals surface area contributed by atoms with E-state index in [1.54, 1.807) is 0 Å². The molecule has 0 radical (unpaired) electrons. The zero-order valence-electron chi connectivity index (χ0n) is 12.6. The minimum atomic E-state index is 0.161. The number of hydrogen-bond donors (Lipinski definition) is 1. The monoisotopic (exact) mass is 278 g/mol. The lowest BCUT2D eigenvalue weighted by molar-refractivity contribution is 0.0224. The molecule has 5 nitrogen and oxygen atoms in total. The molecule has 3 heterocycles. The number of aromatic nitrogens is 2. The Hall–Kier alpha value is -0.910. The SMILES string of the molecule is CC(C)N1CCC(Cn2cncc2C2CNCCO2)C1. The molecule has 0 spiro atoms. The van der Waals surface area contributed by atoms with Gasteiger partial charge in [0.25, 0.3) is 0 Å². The van der Waals surface area contributed by atoms with Gasteiger partial charge in [-0.3, -0.25) is 0 Å². The summed E-state index contributed by atoms with van der Waals surface area (Å²) in [6.07, 6.45) is 5.38. The standard InChI is InChI=1S/C15H26N4O/c1-12(2)18-5-3-13(9-18)10-19-11-17-7-14(19)15-8-16-4-6-20-15/h7,11-13,15-16H,3-6,8-10H2,1-2H3. The van der Waals surface area contributed by atoms with Crippen molar-refractivity contribution >= 4 is 0 Å². The van der Waals surface area contributed by atoms with E-state index in [1.807, 2.05) is 12.5 Å². The van der Waals surface area contributed by atoms with Crippen LogP contribution in [0.3, 0.4) is 0 Å². The summed E-state index contributed by atoms with van der Waals surface area (Å²) in [4.78, 5) is 6.90. The molecule has 2 aliphatic heterocycles. The summed E-state index contributed by atoms with van der Waals surface area (Å²) < 4.78 is 8.15. The van der Waals surface area contributed by atoms with Crippen LogP contribution in [0.15, 0.2) is 12.5 Å². The summed E-state index contributed by atoms with van der Waals surface area (Å²) >= 11 is 0. The van der Waals surface area contributed by atoms with Crippen LogP contribution in [-0.4, -0.2) is 53.3 Å². The van der Waals surface area contributed by atoms with Crippen LogP contribution in [0.1, 0.15) is 32.1 Å². The average Bonchev–Trinajstić information content (AvgIpc) is 3.09. The van der Waals surface area contributed by atoms with E-state index in [9.17, 15) is 0 Å². The van der Waals surface area contributed by atoms with Gasteiger partial charge in [0, 0.05) is 32.2 Å². The molecule has 20 heavy (non-hydrogen) atoms. The molecule has 2 atom stereocenters. The zero-order chi connectivity index (χ0) is 13.9. The third kappa shape index (κ3) is 3.05. The van der Waals surface area contributed by atoms with E-state index in [0.717, 1.165) is 32.2 Å². The van der Waals surface area contributed by atoms with E-state index < -0.39 is 0 Å². The minimum Gasteiger partial charge on any atom is -0.369 e. The molecule has 2 saturated heterocycles. The maximum atomic E-state index is 5.85. The number of nitrogens with zero attached hydrogens (tertiary/aromatic N) is 3. The normalized spacial score (nSPS) is 28.4. The Morgan fingerprint density at radius 3 is 3.10 bits per heavy atom. The summed E-state index contributed by atoms with van der Waals surface area (Å²) in [5.74, 6) is 0.738. The van der Waals surface area contributed by atoms with Crippen molar-refractivity contribution in [2.75, 3.05) is 32.8 Å². The van der Waals surface area contributed by atoms with Crippen LogP contribution in [0.5, 0.6) is 0 Å². The maximum absolute atomic E-state index is 5.85. The number of morpholine rings is 1. The highest BCUT2D eigenvalue weighted by atomic mass is 16.5. The Balaban J connectivity index is 1.62. The van der Waals surface area contributed by atoms with Crippen LogP contribution < -0.4 is 5.32 Å². The number of rotatable bonds is 4. The summed E-state index contributed by atoms with van der Waals surface area (Å²) in [6.45, 7) is 10.7. The van der Waals surface area contributed by atoms with E-state index in [-0.39, 0.29) is 6.10 Å². The van der Waals surface area contributed by atoms with Crippen molar-refractivity contribution in [3.63, 3.8) is 0 Å². The van der Waals surface area contributed by atoms with Gasteiger partial charge in [-0.15, -0.1) is 0 Å². The second-order valence-electron chi connectivity index (χ2n) is 6.28. The van der Waals surface area contributed by atoms with Gasteiger partial charge in [-0.05, 0) is 32.7 Å². The molecule has 0 bridgehead atoms. The van der Waals surface area contributed by atoms with Crippen molar-refractivity contribution in [3.05, 3.63) is 18.2 Å².